The Labute approximate surface area is 63.1 Å². The summed E-state index contributed by atoms with van der Waals surface area (Å²) in [4.78, 5) is 0. The predicted molar refractivity (Wildman–Crippen MR) is 40.0 cm³/mol. The van der Waals surface area contributed by atoms with E-state index < -0.39 is 0 Å². The maximum atomic E-state index is 5.14. The van der Waals surface area contributed by atoms with Gasteiger partial charge in [0.25, 0.3) is 0 Å². The molecule has 0 heterocycles. The average molecular weight is 142 g/mol. The van der Waals surface area contributed by atoms with E-state index in [4.69, 9.17) is 18.8 Å². The molecule has 2 N–H and O–H groups in total. The molecule has 0 aromatic heterocycles. The first-order chi connectivity index (χ1) is 4.91. The van der Waals surface area contributed by atoms with Crippen molar-refractivity contribution in [1.82, 2.24) is 10.6 Å². The number of nitrogens with one attached hydrogen (secondary N) is 2. The molecule has 0 amide bonds. The van der Waals surface area contributed by atoms with Gasteiger partial charge in [0, 0.05) is 27.2 Å². The monoisotopic (exact) mass is 142 g/mol. The molecular formula is C7H14N2O. The molecule has 0 saturated heterocycles. The summed E-state index contributed by atoms with van der Waals surface area (Å²) in [6, 6.07) is 0. The Morgan fingerprint density at radius 2 is 1.70 bits per heavy atom. The second kappa shape index (κ2) is 8.88. The first kappa shape index (κ1) is 9.88. The molecule has 3 heteroatoms. The van der Waals surface area contributed by atoms with E-state index in [0.717, 1.165) is 19.6 Å². The number of rotatable bonds is 7. The van der Waals surface area contributed by atoms with Gasteiger partial charge in [0.2, 0.25) is 0 Å². The first-order valence-corrected chi connectivity index (χ1v) is 3.36. The van der Waals surface area contributed by atoms with E-state index in [9.17, 15) is 0 Å². The molecule has 0 aliphatic heterocycles. The van der Waals surface area contributed by atoms with Crippen molar-refractivity contribution < 1.29 is 4.74 Å². The lowest BCUT2D eigenvalue weighted by Gasteiger charge is -2.01. The summed E-state index contributed by atoms with van der Waals surface area (Å²) < 4.78 is 5.14. The molecule has 0 aromatic rings. The maximum Gasteiger partial charge on any atom is 0.0591 e. The second-order valence-corrected chi connectivity index (χ2v) is 1.87. The van der Waals surface area contributed by atoms with E-state index in [0.29, 0.717) is 13.2 Å². The van der Waals surface area contributed by atoms with Crippen LogP contribution in [0.5, 0.6) is 0 Å². The van der Waals surface area contributed by atoms with Crippen molar-refractivity contribution in [2.45, 2.75) is 6.42 Å². The Morgan fingerprint density at radius 3 is 2.30 bits per heavy atom. The van der Waals surface area contributed by atoms with Crippen LogP contribution in [0.3, 0.4) is 0 Å². The fraction of sp³-hybridized carbons (Fsp3) is 0.714. The van der Waals surface area contributed by atoms with E-state index in [-0.39, 0.29) is 0 Å². The molecule has 0 spiro atoms. The van der Waals surface area contributed by atoms with Crippen LogP contribution in [0.4, 0.5) is 0 Å². The topological polar surface area (TPSA) is 33.3 Å². The maximum absolute atomic E-state index is 5.14. The van der Waals surface area contributed by atoms with Gasteiger partial charge in [-0.2, -0.15) is 0 Å². The van der Waals surface area contributed by atoms with Crippen molar-refractivity contribution in [1.29, 1.82) is 0 Å². The Kier molecular flexibility index (Phi) is 8.77. The smallest absolute Gasteiger partial charge is 0.0591 e. The van der Waals surface area contributed by atoms with Gasteiger partial charge in [0.1, 0.15) is 0 Å². The van der Waals surface area contributed by atoms with Gasteiger partial charge in [0.05, 0.1) is 6.61 Å². The van der Waals surface area contributed by atoms with E-state index in [1.807, 2.05) is 0 Å². The molecule has 0 aromatic carbocycles. The molecule has 0 bridgehead atoms. The fourth-order valence-corrected chi connectivity index (χ4v) is 0.509. The molecule has 3 nitrogen and oxygen atoms in total. The average Bonchev–Trinajstić information content (AvgIpc) is 1.97. The largest absolute Gasteiger partial charge is 0.380 e. The van der Waals surface area contributed by atoms with E-state index in [1.165, 1.54) is 0 Å². The highest BCUT2D eigenvalue weighted by molar-refractivity contribution is 4.44. The van der Waals surface area contributed by atoms with Gasteiger partial charge in [-0.05, 0) is 13.0 Å². The zero-order chi connectivity index (χ0) is 7.66. The molecule has 0 unspecified atom stereocenters. The standard InChI is InChI=1S/C7H14N2O/c1-8-4-3-6-10-7-5-9-2/h1-2,8-9H,3-7H2. The molecule has 0 aliphatic carbocycles. The molecular weight excluding hydrogens is 128 g/mol. The van der Waals surface area contributed by atoms with Crippen LogP contribution in [0.1, 0.15) is 6.42 Å². The van der Waals surface area contributed by atoms with Gasteiger partial charge >= 0.3 is 0 Å². The van der Waals surface area contributed by atoms with Crippen LogP contribution in [-0.2, 0) is 4.74 Å². The van der Waals surface area contributed by atoms with Crippen LogP contribution in [0.15, 0.2) is 0 Å². The van der Waals surface area contributed by atoms with Gasteiger partial charge in [-0.15, -0.1) is 0 Å². The van der Waals surface area contributed by atoms with Crippen LogP contribution in [0.2, 0.25) is 0 Å². The molecule has 0 atom stereocenters. The summed E-state index contributed by atoms with van der Waals surface area (Å²) in [5, 5.41) is 5.03. The molecule has 0 saturated carbocycles. The highest BCUT2D eigenvalue weighted by Gasteiger charge is 1.85. The Hall–Kier alpha value is -0.120. The zero-order valence-corrected chi connectivity index (χ0v) is 6.10. The Balaban J connectivity index is 2.65. The van der Waals surface area contributed by atoms with Crippen molar-refractivity contribution >= 4 is 0 Å². The number of hydrogen-bond donors (Lipinski definition) is 2. The lowest BCUT2D eigenvalue weighted by atomic mass is 10.4. The van der Waals surface area contributed by atoms with Crippen molar-refractivity contribution in [2.24, 2.45) is 0 Å². The zero-order valence-electron chi connectivity index (χ0n) is 6.10. The minimum atomic E-state index is 0.654. The highest BCUT2D eigenvalue weighted by atomic mass is 16.5. The summed E-state index contributed by atoms with van der Waals surface area (Å²) in [5.41, 5.74) is 0. The van der Waals surface area contributed by atoms with Crippen LogP contribution < -0.4 is 10.6 Å². The lowest BCUT2D eigenvalue weighted by molar-refractivity contribution is 0.136. The van der Waals surface area contributed by atoms with Crippen LogP contribution >= 0.6 is 0 Å². The lowest BCUT2D eigenvalue weighted by Crippen LogP contribution is -2.14. The number of hydrogen-bond acceptors (Lipinski definition) is 3. The van der Waals surface area contributed by atoms with E-state index >= 15 is 0 Å². The third-order valence-electron chi connectivity index (χ3n) is 1.00. The van der Waals surface area contributed by atoms with E-state index in [2.05, 4.69) is 10.6 Å². The van der Waals surface area contributed by atoms with Crippen molar-refractivity contribution in [3.63, 3.8) is 0 Å². The quantitative estimate of drug-likeness (QED) is 0.385. The second-order valence-electron chi connectivity index (χ2n) is 1.87. The SMILES string of the molecule is [CH]NCCCOCCN[CH]. The summed E-state index contributed by atoms with van der Waals surface area (Å²) in [5.74, 6) is 0. The summed E-state index contributed by atoms with van der Waals surface area (Å²) in [7, 11) is 10.0. The van der Waals surface area contributed by atoms with Crippen molar-refractivity contribution in [2.75, 3.05) is 26.3 Å². The van der Waals surface area contributed by atoms with Crippen LogP contribution in [-0.4, -0.2) is 26.3 Å². The first-order valence-electron chi connectivity index (χ1n) is 3.36. The third kappa shape index (κ3) is 7.88. The van der Waals surface area contributed by atoms with Gasteiger partial charge in [0.15, 0.2) is 0 Å². The molecule has 0 aliphatic rings. The van der Waals surface area contributed by atoms with Gasteiger partial charge in [-0.1, -0.05) is 0 Å². The predicted octanol–water partition coefficient (Wildman–Crippen LogP) is -0.0905. The number of ether oxygens (including phenoxy) is 1. The van der Waals surface area contributed by atoms with Gasteiger partial charge < -0.3 is 15.4 Å². The van der Waals surface area contributed by atoms with Gasteiger partial charge in [-0.3, -0.25) is 0 Å². The Morgan fingerprint density at radius 1 is 1.00 bits per heavy atom. The summed E-state index contributed by atoms with van der Waals surface area (Å²) in [6.07, 6.45) is 0.932. The van der Waals surface area contributed by atoms with Crippen molar-refractivity contribution in [3.05, 3.63) is 14.1 Å². The summed E-state index contributed by atoms with van der Waals surface area (Å²) in [6.45, 7) is 2.86. The molecule has 10 heavy (non-hydrogen) atoms. The van der Waals surface area contributed by atoms with Crippen molar-refractivity contribution in [3.8, 4) is 0 Å². The van der Waals surface area contributed by atoms with E-state index in [1.54, 1.807) is 0 Å². The molecule has 0 rings (SSSR count). The van der Waals surface area contributed by atoms with Crippen LogP contribution in [0.25, 0.3) is 0 Å². The molecule has 0 fully saturated rings. The molecule has 4 radical (unpaired) electrons. The Bertz CT molecular complexity index is 51.6. The summed E-state index contributed by atoms with van der Waals surface area (Å²) >= 11 is 0. The minimum Gasteiger partial charge on any atom is -0.380 e. The fourth-order valence-electron chi connectivity index (χ4n) is 0.509. The minimum absolute atomic E-state index is 0.654. The highest BCUT2D eigenvalue weighted by Crippen LogP contribution is 1.78. The molecule has 58 valence electrons. The van der Waals surface area contributed by atoms with Crippen LogP contribution in [0, 0.1) is 14.1 Å². The van der Waals surface area contributed by atoms with Gasteiger partial charge in [-0.25, -0.2) is 0 Å². The third-order valence-corrected chi connectivity index (χ3v) is 1.00. The normalized spacial score (nSPS) is 10.2.